The molecule has 6 nitrogen and oxygen atoms in total. The third-order valence-electron chi connectivity index (χ3n) is 7.32. The molecule has 0 fully saturated rings. The van der Waals surface area contributed by atoms with Gasteiger partial charge in [-0.2, -0.15) is 0 Å². The van der Waals surface area contributed by atoms with Gasteiger partial charge in [0.05, 0.1) is 17.8 Å². The van der Waals surface area contributed by atoms with Crippen LogP contribution < -0.4 is 4.74 Å². The predicted molar refractivity (Wildman–Crippen MR) is 169 cm³/mol. The highest BCUT2D eigenvalue weighted by Crippen LogP contribution is 2.29. The highest BCUT2D eigenvalue weighted by Gasteiger charge is 2.21. The van der Waals surface area contributed by atoms with Crippen molar-refractivity contribution in [2.45, 2.75) is 65.3 Å². The second-order valence-corrected chi connectivity index (χ2v) is 19.0. The zero-order valence-electron chi connectivity index (χ0n) is 24.6. The van der Waals surface area contributed by atoms with Crippen LogP contribution in [0.5, 0.6) is 5.88 Å². The van der Waals surface area contributed by atoms with Crippen molar-refractivity contribution in [2.24, 2.45) is 0 Å². The molecular weight excluding hydrogens is 594 g/mol. The molecular formula is C31H37ClF2N4O2SSi. The number of benzene rings is 1. The van der Waals surface area contributed by atoms with Crippen LogP contribution in [0.4, 0.5) is 8.78 Å². The van der Waals surface area contributed by atoms with Crippen molar-refractivity contribution in [1.82, 2.24) is 19.4 Å². The van der Waals surface area contributed by atoms with Crippen LogP contribution >= 0.6 is 22.9 Å². The van der Waals surface area contributed by atoms with Crippen molar-refractivity contribution in [3.05, 3.63) is 81.1 Å². The number of aromatic nitrogens is 3. The second kappa shape index (κ2) is 13.3. The van der Waals surface area contributed by atoms with Crippen molar-refractivity contribution in [3.8, 4) is 5.88 Å². The molecule has 0 radical (unpaired) electrons. The van der Waals surface area contributed by atoms with Gasteiger partial charge < -0.3 is 14.0 Å². The fourth-order valence-electron chi connectivity index (χ4n) is 4.76. The van der Waals surface area contributed by atoms with Crippen LogP contribution in [0, 0.1) is 11.6 Å². The van der Waals surface area contributed by atoms with E-state index in [1.807, 2.05) is 0 Å². The van der Waals surface area contributed by atoms with Crippen LogP contribution in [0.2, 0.25) is 30.7 Å². The van der Waals surface area contributed by atoms with Gasteiger partial charge in [-0.25, -0.2) is 18.7 Å². The molecule has 4 heterocycles. The average Bonchev–Trinajstić information content (AvgIpc) is 3.49. The molecule has 0 atom stereocenters. The van der Waals surface area contributed by atoms with Crippen molar-refractivity contribution >= 4 is 46.9 Å². The summed E-state index contributed by atoms with van der Waals surface area (Å²) in [7, 11) is -1.17. The van der Waals surface area contributed by atoms with E-state index >= 15 is 0 Å². The summed E-state index contributed by atoms with van der Waals surface area (Å²) in [6, 6.07) is 10.7. The first-order chi connectivity index (χ1) is 20.1. The Kier molecular flexibility index (Phi) is 9.79. The van der Waals surface area contributed by atoms with Crippen molar-refractivity contribution < 1.29 is 18.3 Å². The topological polar surface area (TPSA) is 52.4 Å². The second-order valence-electron chi connectivity index (χ2n) is 11.8. The third-order valence-corrected chi connectivity index (χ3v) is 10.4. The first-order valence-electron chi connectivity index (χ1n) is 14.3. The van der Waals surface area contributed by atoms with Gasteiger partial charge in [-0.05, 0) is 54.8 Å². The Labute approximate surface area is 256 Å². The molecule has 42 heavy (non-hydrogen) atoms. The lowest BCUT2D eigenvalue weighted by Gasteiger charge is -2.26. The minimum absolute atomic E-state index is 0.144. The molecule has 11 heteroatoms. The van der Waals surface area contributed by atoms with E-state index in [-0.39, 0.29) is 18.1 Å². The lowest BCUT2D eigenvalue weighted by Crippen LogP contribution is -2.29. The molecule has 0 spiro atoms. The predicted octanol–water partition coefficient (Wildman–Crippen LogP) is 8.17. The summed E-state index contributed by atoms with van der Waals surface area (Å²) in [5, 5.41) is 0.293. The largest absolute Gasteiger partial charge is 0.471 e. The molecule has 0 amide bonds. The standard InChI is InChI=1S/C31H37ClF2N4O2SSi/c1-5-24-17-28-31(41-24)36-29(38(28)20-39-14-15-42(2,3)4)18-37-12-10-21(11-13-37)27-9-8-25(33)30(35-27)40-19-22-6-7-23(32)16-26(22)34/h6-10,16-17H,5,11-15,18-20H2,1-4H3. The molecule has 0 unspecified atom stereocenters. The van der Waals surface area contributed by atoms with E-state index in [2.05, 4.69) is 53.2 Å². The molecule has 1 aliphatic heterocycles. The van der Waals surface area contributed by atoms with Crippen LogP contribution in [0.25, 0.3) is 15.9 Å². The molecule has 0 saturated carbocycles. The number of fused-ring (bicyclic) bond motifs is 1. The van der Waals surface area contributed by atoms with E-state index < -0.39 is 19.7 Å². The molecule has 0 bridgehead atoms. The molecule has 4 aromatic rings. The molecule has 0 N–H and O–H groups in total. The first-order valence-corrected chi connectivity index (χ1v) is 19.2. The normalized spacial score (nSPS) is 14.5. The van der Waals surface area contributed by atoms with Gasteiger partial charge in [0.1, 0.15) is 29.8 Å². The number of aryl methyl sites for hydroxylation is 1. The van der Waals surface area contributed by atoms with Crippen LogP contribution in [-0.4, -0.2) is 47.2 Å². The Hall–Kier alpha value is -2.63. The Morgan fingerprint density at radius 3 is 2.62 bits per heavy atom. The Morgan fingerprint density at radius 1 is 1.07 bits per heavy atom. The number of rotatable bonds is 12. The summed E-state index contributed by atoms with van der Waals surface area (Å²) < 4.78 is 42.5. The maximum absolute atomic E-state index is 14.5. The SMILES string of the molecule is CCc1cc2c(nc(CN3CC=C(c4ccc(F)c(OCc5ccc(Cl)cc5F)n4)CC3)n2COCC[Si](C)(C)C)s1. The van der Waals surface area contributed by atoms with E-state index in [0.717, 1.165) is 60.3 Å². The van der Waals surface area contributed by atoms with Gasteiger partial charge in [0.25, 0.3) is 5.88 Å². The minimum atomic E-state index is -1.17. The number of ether oxygens (including phenoxy) is 2. The summed E-state index contributed by atoms with van der Waals surface area (Å²) >= 11 is 7.57. The van der Waals surface area contributed by atoms with Gasteiger partial charge in [0, 0.05) is 43.2 Å². The summed E-state index contributed by atoms with van der Waals surface area (Å²) in [4.78, 5) is 14.2. The lowest BCUT2D eigenvalue weighted by molar-refractivity contribution is 0.0859. The first kappa shape index (κ1) is 30.8. The van der Waals surface area contributed by atoms with Gasteiger partial charge in [-0.15, -0.1) is 11.3 Å². The minimum Gasteiger partial charge on any atom is -0.471 e. The zero-order valence-corrected chi connectivity index (χ0v) is 27.1. The lowest BCUT2D eigenvalue weighted by atomic mass is 10.0. The number of imidazole rings is 1. The molecule has 224 valence electrons. The van der Waals surface area contributed by atoms with Crippen LogP contribution in [0.3, 0.4) is 0 Å². The number of pyridine rings is 1. The molecule has 0 saturated heterocycles. The maximum atomic E-state index is 14.5. The summed E-state index contributed by atoms with van der Waals surface area (Å²) in [5.74, 6) is -0.226. The molecule has 0 aliphatic carbocycles. The highest BCUT2D eigenvalue weighted by atomic mass is 35.5. The third kappa shape index (κ3) is 7.65. The quantitative estimate of drug-likeness (QED) is 0.117. The van der Waals surface area contributed by atoms with Crippen LogP contribution in [-0.2, 0) is 31.0 Å². The number of hydrogen-bond donors (Lipinski definition) is 0. The Morgan fingerprint density at radius 2 is 1.90 bits per heavy atom. The van der Waals surface area contributed by atoms with Gasteiger partial charge in [0.2, 0.25) is 0 Å². The van der Waals surface area contributed by atoms with E-state index in [0.29, 0.717) is 24.0 Å². The van der Waals surface area contributed by atoms with Gasteiger partial charge >= 0.3 is 0 Å². The van der Waals surface area contributed by atoms with E-state index in [1.54, 1.807) is 23.5 Å². The van der Waals surface area contributed by atoms with Crippen LogP contribution in [0.1, 0.15) is 35.3 Å². The summed E-state index contributed by atoms with van der Waals surface area (Å²) in [6.45, 7) is 12.6. The van der Waals surface area contributed by atoms with E-state index in [4.69, 9.17) is 26.1 Å². The monoisotopic (exact) mass is 630 g/mol. The number of nitrogens with zero attached hydrogens (tertiary/aromatic N) is 4. The smallest absolute Gasteiger partial charge is 0.251 e. The summed E-state index contributed by atoms with van der Waals surface area (Å²) in [5.41, 5.74) is 3.12. The van der Waals surface area contributed by atoms with E-state index in [9.17, 15) is 8.78 Å². The highest BCUT2D eigenvalue weighted by molar-refractivity contribution is 7.18. The molecule has 3 aromatic heterocycles. The average molecular weight is 631 g/mol. The number of hydrogen-bond acceptors (Lipinski definition) is 6. The fourth-order valence-corrected chi connectivity index (χ4v) is 6.66. The van der Waals surface area contributed by atoms with E-state index in [1.165, 1.54) is 23.1 Å². The fraction of sp³-hybridized carbons (Fsp3) is 0.419. The Balaban J connectivity index is 1.25. The molecule has 1 aromatic carbocycles. The molecule has 5 rings (SSSR count). The number of halogens is 3. The zero-order chi connectivity index (χ0) is 29.9. The summed E-state index contributed by atoms with van der Waals surface area (Å²) in [6.07, 6.45) is 3.88. The van der Waals surface area contributed by atoms with Crippen molar-refractivity contribution in [2.75, 3.05) is 19.7 Å². The van der Waals surface area contributed by atoms with Crippen molar-refractivity contribution in [1.29, 1.82) is 0 Å². The Bertz CT molecular complexity index is 1580. The van der Waals surface area contributed by atoms with Gasteiger partial charge in [-0.1, -0.05) is 50.3 Å². The van der Waals surface area contributed by atoms with Crippen molar-refractivity contribution in [3.63, 3.8) is 0 Å². The van der Waals surface area contributed by atoms with Gasteiger partial charge in [-0.3, -0.25) is 4.90 Å². The maximum Gasteiger partial charge on any atom is 0.251 e. The van der Waals surface area contributed by atoms with Gasteiger partial charge in [0.15, 0.2) is 5.82 Å². The van der Waals surface area contributed by atoms with Crippen LogP contribution in [0.15, 0.2) is 42.5 Å². The molecule has 1 aliphatic rings. The number of thiophene rings is 1.